The monoisotopic (exact) mass is 206 g/mol. The van der Waals surface area contributed by atoms with Crippen molar-refractivity contribution in [2.45, 2.75) is 25.8 Å². The van der Waals surface area contributed by atoms with Gasteiger partial charge in [-0.15, -0.1) is 6.58 Å². The summed E-state index contributed by atoms with van der Waals surface area (Å²) in [5.41, 5.74) is 5.11. The van der Waals surface area contributed by atoms with Crippen molar-refractivity contribution in [3.05, 3.63) is 12.7 Å². The summed E-state index contributed by atoms with van der Waals surface area (Å²) in [6.07, 6.45) is 2.03. The van der Waals surface area contributed by atoms with Crippen LogP contribution in [0.25, 0.3) is 0 Å². The molecule has 0 aliphatic heterocycles. The molecule has 0 bridgehead atoms. The fraction of sp³-hybridized carbons (Fsp3) is 0.750. The molecule has 0 atom stereocenters. The van der Waals surface area contributed by atoms with Crippen molar-refractivity contribution in [3.8, 4) is 0 Å². The second kappa shape index (κ2) is 4.74. The maximum absolute atomic E-state index is 11.2. The second-order valence-electron chi connectivity index (χ2n) is 3.71. The highest BCUT2D eigenvalue weighted by atomic mass is 32.2. The zero-order valence-electron chi connectivity index (χ0n) is 8.21. The first-order valence-corrected chi connectivity index (χ1v) is 5.79. The number of sulfonamides is 1. The normalized spacial score (nSPS) is 12.8. The minimum absolute atomic E-state index is 0.0760. The molecule has 78 valence electrons. The number of rotatable bonds is 6. The molecule has 13 heavy (non-hydrogen) atoms. The Balaban J connectivity index is 3.97. The van der Waals surface area contributed by atoms with Crippen LogP contribution in [-0.4, -0.2) is 26.3 Å². The highest BCUT2D eigenvalue weighted by molar-refractivity contribution is 7.89. The van der Waals surface area contributed by atoms with Gasteiger partial charge in [0.05, 0.1) is 5.75 Å². The van der Waals surface area contributed by atoms with Gasteiger partial charge in [0.25, 0.3) is 0 Å². The average Bonchev–Trinajstić information content (AvgIpc) is 1.97. The van der Waals surface area contributed by atoms with Crippen LogP contribution < -0.4 is 10.5 Å². The summed E-state index contributed by atoms with van der Waals surface area (Å²) < 4.78 is 24.9. The van der Waals surface area contributed by atoms with Crippen molar-refractivity contribution in [3.63, 3.8) is 0 Å². The van der Waals surface area contributed by atoms with Crippen LogP contribution in [-0.2, 0) is 10.0 Å². The third-order valence-electron chi connectivity index (χ3n) is 1.34. The van der Waals surface area contributed by atoms with E-state index in [2.05, 4.69) is 11.3 Å². The average molecular weight is 206 g/mol. The molecule has 0 fully saturated rings. The van der Waals surface area contributed by atoms with Crippen LogP contribution in [0.1, 0.15) is 20.3 Å². The highest BCUT2D eigenvalue weighted by Gasteiger charge is 2.15. The Morgan fingerprint density at radius 1 is 1.54 bits per heavy atom. The predicted octanol–water partition coefficient (Wildman–Crippen LogP) is 0.219. The fourth-order valence-corrected chi connectivity index (χ4v) is 1.82. The van der Waals surface area contributed by atoms with Crippen molar-refractivity contribution in [1.82, 2.24) is 4.72 Å². The summed E-state index contributed by atoms with van der Waals surface area (Å²) in [5, 5.41) is 0. The van der Waals surface area contributed by atoms with Gasteiger partial charge in [-0.2, -0.15) is 0 Å². The molecular formula is C8H18N2O2S. The van der Waals surface area contributed by atoms with Gasteiger partial charge in [-0.3, -0.25) is 0 Å². The van der Waals surface area contributed by atoms with E-state index in [9.17, 15) is 8.42 Å². The fourth-order valence-electron chi connectivity index (χ4n) is 0.607. The van der Waals surface area contributed by atoms with Crippen LogP contribution in [0.2, 0.25) is 0 Å². The molecule has 0 saturated carbocycles. The first kappa shape index (κ1) is 12.6. The summed E-state index contributed by atoms with van der Waals surface area (Å²) in [6, 6.07) is 0. The molecule has 0 aromatic rings. The van der Waals surface area contributed by atoms with Crippen molar-refractivity contribution in [2.24, 2.45) is 5.73 Å². The van der Waals surface area contributed by atoms with Gasteiger partial charge in [-0.25, -0.2) is 13.1 Å². The molecule has 5 heteroatoms. The molecule has 0 aromatic heterocycles. The van der Waals surface area contributed by atoms with E-state index in [-0.39, 0.29) is 12.3 Å². The van der Waals surface area contributed by atoms with E-state index < -0.39 is 15.6 Å². The molecule has 0 aromatic carbocycles. The minimum atomic E-state index is -3.18. The topological polar surface area (TPSA) is 72.2 Å². The Bertz CT molecular complexity index is 252. The Hall–Kier alpha value is -0.390. The van der Waals surface area contributed by atoms with Gasteiger partial charge < -0.3 is 5.73 Å². The van der Waals surface area contributed by atoms with Crippen LogP contribution >= 0.6 is 0 Å². The molecular weight excluding hydrogens is 188 g/mol. The molecule has 0 aliphatic carbocycles. The summed E-state index contributed by atoms with van der Waals surface area (Å²) >= 11 is 0. The molecule has 4 nitrogen and oxygen atoms in total. The smallest absolute Gasteiger partial charge is 0.211 e. The molecule has 0 heterocycles. The first-order chi connectivity index (χ1) is 5.77. The van der Waals surface area contributed by atoms with Gasteiger partial charge >= 0.3 is 0 Å². The van der Waals surface area contributed by atoms with Crippen molar-refractivity contribution in [1.29, 1.82) is 0 Å². The summed E-state index contributed by atoms with van der Waals surface area (Å²) in [4.78, 5) is 0. The molecule has 0 aliphatic rings. The predicted molar refractivity (Wildman–Crippen MR) is 54.9 cm³/mol. The van der Waals surface area contributed by atoms with Crippen molar-refractivity contribution < 1.29 is 8.42 Å². The van der Waals surface area contributed by atoms with Crippen molar-refractivity contribution >= 4 is 10.0 Å². The number of hydrogen-bond acceptors (Lipinski definition) is 3. The van der Waals surface area contributed by atoms with Crippen LogP contribution in [0, 0.1) is 0 Å². The standard InChI is InChI=1S/C8H18N2O2S/c1-4-5-6-13(11,12)10-7-8(2,3)9/h4,10H,1,5-7,9H2,2-3H3. The molecule has 0 spiro atoms. The maximum atomic E-state index is 11.2. The van der Waals surface area contributed by atoms with Crippen molar-refractivity contribution in [2.75, 3.05) is 12.3 Å². The van der Waals surface area contributed by atoms with Gasteiger partial charge in [0.2, 0.25) is 10.0 Å². The van der Waals surface area contributed by atoms with E-state index in [1.165, 1.54) is 0 Å². The van der Waals surface area contributed by atoms with E-state index in [0.717, 1.165) is 0 Å². The maximum Gasteiger partial charge on any atom is 0.211 e. The lowest BCUT2D eigenvalue weighted by Gasteiger charge is -2.18. The SMILES string of the molecule is C=CCCS(=O)(=O)NCC(C)(C)N. The number of nitrogens with two attached hydrogens (primary N) is 1. The molecule has 0 unspecified atom stereocenters. The number of nitrogens with one attached hydrogen (secondary N) is 1. The van der Waals surface area contributed by atoms with Gasteiger partial charge in [0, 0.05) is 12.1 Å². The Labute approximate surface area is 80.3 Å². The Kier molecular flexibility index (Phi) is 4.60. The van der Waals surface area contributed by atoms with Crippen LogP contribution in [0.4, 0.5) is 0 Å². The molecule has 0 radical (unpaired) electrons. The molecule has 0 amide bonds. The van der Waals surface area contributed by atoms with E-state index in [4.69, 9.17) is 5.73 Å². The van der Waals surface area contributed by atoms with Crippen LogP contribution in [0.5, 0.6) is 0 Å². The molecule has 0 saturated heterocycles. The van der Waals surface area contributed by atoms with Gasteiger partial charge in [-0.1, -0.05) is 6.08 Å². The molecule has 3 N–H and O–H groups in total. The summed E-state index contributed by atoms with van der Waals surface area (Å²) in [5.74, 6) is 0.0760. The Morgan fingerprint density at radius 2 is 2.08 bits per heavy atom. The lowest BCUT2D eigenvalue weighted by molar-refractivity contribution is 0.498. The largest absolute Gasteiger partial charge is 0.324 e. The van der Waals surface area contributed by atoms with Crippen LogP contribution in [0.3, 0.4) is 0 Å². The number of hydrogen-bond donors (Lipinski definition) is 2. The van der Waals surface area contributed by atoms with E-state index in [1.54, 1.807) is 19.9 Å². The third kappa shape index (κ3) is 7.95. The number of allylic oxidation sites excluding steroid dienone is 1. The van der Waals surface area contributed by atoms with Crippen LogP contribution in [0.15, 0.2) is 12.7 Å². The first-order valence-electron chi connectivity index (χ1n) is 4.14. The minimum Gasteiger partial charge on any atom is -0.324 e. The zero-order chi connectivity index (χ0) is 10.5. The lowest BCUT2D eigenvalue weighted by atomic mass is 10.1. The summed E-state index contributed by atoms with van der Waals surface area (Å²) in [6.45, 7) is 7.25. The van der Waals surface area contributed by atoms with E-state index in [1.807, 2.05) is 0 Å². The quantitative estimate of drug-likeness (QED) is 0.611. The summed E-state index contributed by atoms with van der Waals surface area (Å²) in [7, 11) is -3.18. The van der Waals surface area contributed by atoms with Gasteiger partial charge in [-0.05, 0) is 20.3 Å². The van der Waals surface area contributed by atoms with Gasteiger partial charge in [0.15, 0.2) is 0 Å². The third-order valence-corrected chi connectivity index (χ3v) is 2.70. The lowest BCUT2D eigenvalue weighted by Crippen LogP contribution is -2.45. The van der Waals surface area contributed by atoms with E-state index in [0.29, 0.717) is 6.42 Å². The zero-order valence-corrected chi connectivity index (χ0v) is 9.02. The Morgan fingerprint density at radius 3 is 2.46 bits per heavy atom. The highest BCUT2D eigenvalue weighted by Crippen LogP contribution is 1.96. The second-order valence-corrected chi connectivity index (χ2v) is 5.63. The molecule has 0 rings (SSSR count). The van der Waals surface area contributed by atoms with E-state index >= 15 is 0 Å². The van der Waals surface area contributed by atoms with Gasteiger partial charge in [0.1, 0.15) is 0 Å².